The van der Waals surface area contributed by atoms with Gasteiger partial charge in [0, 0.05) is 18.5 Å². The zero-order valence-corrected chi connectivity index (χ0v) is 22.8. The lowest BCUT2D eigenvalue weighted by molar-refractivity contribution is -0.384. The first-order valence-corrected chi connectivity index (χ1v) is 13.6. The van der Waals surface area contributed by atoms with E-state index in [4.69, 9.17) is 4.74 Å². The van der Waals surface area contributed by atoms with Gasteiger partial charge in [-0.2, -0.15) is 5.10 Å². The van der Waals surface area contributed by atoms with Crippen LogP contribution in [0, 0.1) is 27.7 Å². The molecule has 9 nitrogen and oxygen atoms in total. The fraction of sp³-hybridized carbons (Fsp3) is 0.258. The Morgan fingerprint density at radius 2 is 1.79 bits per heavy atom. The lowest BCUT2D eigenvalue weighted by Gasteiger charge is -2.29. The third-order valence-electron chi connectivity index (χ3n) is 7.30. The van der Waals surface area contributed by atoms with E-state index in [-0.39, 0.29) is 28.7 Å². The number of benzene rings is 3. The maximum absolute atomic E-state index is 13.8. The molecular formula is C31H28F2N4O5. The van der Waals surface area contributed by atoms with Gasteiger partial charge in [0.1, 0.15) is 17.3 Å². The van der Waals surface area contributed by atoms with Crippen LogP contribution in [-0.4, -0.2) is 40.7 Å². The largest absolute Gasteiger partial charge is 0.452 e. The molecule has 2 atom stereocenters. The molecule has 1 heterocycles. The Hall–Kier alpha value is -4.93. The standard InChI is InChI=1S/C31H28F2N4O5/c1-2-34-26-15-10-22(17-27(26)37(40)41)31(39)42-18-28(38)36-30(20-8-13-24(33)14-9-20)25-5-3-4-21(29(25)35-36)16-19-6-11-23(32)12-7-19/h6-17,25,30,34H,2-5,18H2,1H3. The maximum atomic E-state index is 13.8. The second-order valence-corrected chi connectivity index (χ2v) is 10.0. The zero-order valence-electron chi connectivity index (χ0n) is 22.8. The highest BCUT2D eigenvalue weighted by Gasteiger charge is 2.44. The van der Waals surface area contributed by atoms with Gasteiger partial charge in [0.2, 0.25) is 0 Å². The molecule has 5 rings (SSSR count). The number of nitro benzene ring substituents is 1. The Balaban J connectivity index is 1.40. The third kappa shape index (κ3) is 6.04. The van der Waals surface area contributed by atoms with Crippen molar-refractivity contribution in [2.45, 2.75) is 32.2 Å². The Bertz CT molecular complexity index is 1570. The number of amides is 1. The van der Waals surface area contributed by atoms with Gasteiger partial charge >= 0.3 is 5.97 Å². The highest BCUT2D eigenvalue weighted by molar-refractivity contribution is 6.08. The molecule has 0 aromatic heterocycles. The van der Waals surface area contributed by atoms with Crippen molar-refractivity contribution >= 4 is 35.0 Å². The van der Waals surface area contributed by atoms with Gasteiger partial charge in [0.15, 0.2) is 6.61 Å². The number of fused-ring (bicyclic) bond motifs is 1. The normalized spacial score (nSPS) is 18.8. The summed E-state index contributed by atoms with van der Waals surface area (Å²) in [5.41, 5.74) is 2.98. The number of hydrogen-bond donors (Lipinski definition) is 1. The molecule has 1 N–H and O–H groups in total. The molecule has 1 aliphatic carbocycles. The molecule has 2 unspecified atom stereocenters. The number of carbonyl (C=O) groups excluding carboxylic acids is 2. The molecule has 42 heavy (non-hydrogen) atoms. The molecule has 216 valence electrons. The van der Waals surface area contributed by atoms with Gasteiger partial charge in [-0.05, 0) is 85.4 Å². The number of nitrogens with one attached hydrogen (secondary N) is 1. The summed E-state index contributed by atoms with van der Waals surface area (Å²) in [5, 5.41) is 20.3. The number of halogens is 2. The number of rotatable bonds is 8. The van der Waals surface area contributed by atoms with E-state index in [9.17, 15) is 28.5 Å². The molecule has 1 amide bonds. The van der Waals surface area contributed by atoms with E-state index < -0.39 is 35.3 Å². The molecule has 2 aliphatic rings. The number of ether oxygens (including phenoxy) is 1. The Kier molecular flexibility index (Phi) is 8.37. The number of hydrazone groups is 1. The minimum atomic E-state index is -0.894. The lowest BCUT2D eigenvalue weighted by Crippen LogP contribution is -2.34. The van der Waals surface area contributed by atoms with Crippen molar-refractivity contribution in [1.29, 1.82) is 0 Å². The molecular weight excluding hydrogens is 546 g/mol. The van der Waals surface area contributed by atoms with Crippen LogP contribution in [0.4, 0.5) is 20.2 Å². The average Bonchev–Trinajstić information content (AvgIpc) is 3.38. The van der Waals surface area contributed by atoms with Gasteiger partial charge in [0.25, 0.3) is 11.6 Å². The van der Waals surface area contributed by atoms with Crippen LogP contribution < -0.4 is 5.32 Å². The van der Waals surface area contributed by atoms with Crippen LogP contribution >= 0.6 is 0 Å². The summed E-state index contributed by atoms with van der Waals surface area (Å²) in [5.74, 6) is -2.44. The average molecular weight is 575 g/mol. The number of hydrogen-bond acceptors (Lipinski definition) is 7. The maximum Gasteiger partial charge on any atom is 0.338 e. The number of anilines is 1. The quantitative estimate of drug-likeness (QED) is 0.192. The zero-order chi connectivity index (χ0) is 29.8. The van der Waals surface area contributed by atoms with E-state index in [1.165, 1.54) is 41.4 Å². The highest BCUT2D eigenvalue weighted by Crippen LogP contribution is 2.44. The van der Waals surface area contributed by atoms with Crippen molar-refractivity contribution < 1.29 is 28.0 Å². The van der Waals surface area contributed by atoms with Crippen LogP contribution in [0.15, 0.2) is 77.4 Å². The summed E-state index contributed by atoms with van der Waals surface area (Å²) in [4.78, 5) is 37.1. The number of nitrogens with zero attached hydrogens (tertiary/aromatic N) is 3. The van der Waals surface area contributed by atoms with Crippen molar-refractivity contribution in [2.24, 2.45) is 11.0 Å². The minimum Gasteiger partial charge on any atom is -0.452 e. The van der Waals surface area contributed by atoms with E-state index in [0.717, 1.165) is 30.0 Å². The molecule has 3 aromatic carbocycles. The number of esters is 1. The number of allylic oxidation sites excluding steroid dienone is 1. The van der Waals surface area contributed by atoms with Gasteiger partial charge in [-0.25, -0.2) is 18.6 Å². The molecule has 0 radical (unpaired) electrons. The topological polar surface area (TPSA) is 114 Å². The van der Waals surface area contributed by atoms with Gasteiger partial charge in [-0.15, -0.1) is 0 Å². The first kappa shape index (κ1) is 28.6. The molecule has 1 aliphatic heterocycles. The summed E-state index contributed by atoms with van der Waals surface area (Å²) in [7, 11) is 0. The van der Waals surface area contributed by atoms with Crippen LogP contribution in [0.3, 0.4) is 0 Å². The second kappa shape index (κ2) is 12.3. The smallest absolute Gasteiger partial charge is 0.338 e. The summed E-state index contributed by atoms with van der Waals surface area (Å²) in [6.45, 7) is 1.59. The predicted molar refractivity (Wildman–Crippen MR) is 153 cm³/mol. The molecule has 11 heteroatoms. The van der Waals surface area contributed by atoms with Crippen molar-refractivity contribution in [2.75, 3.05) is 18.5 Å². The van der Waals surface area contributed by atoms with Crippen LogP contribution in [-0.2, 0) is 9.53 Å². The van der Waals surface area contributed by atoms with Crippen molar-refractivity contribution in [3.8, 4) is 0 Å². The van der Waals surface area contributed by atoms with E-state index in [2.05, 4.69) is 10.4 Å². The van der Waals surface area contributed by atoms with Gasteiger partial charge < -0.3 is 10.1 Å². The van der Waals surface area contributed by atoms with Crippen LogP contribution in [0.25, 0.3) is 6.08 Å². The Morgan fingerprint density at radius 1 is 1.10 bits per heavy atom. The van der Waals surface area contributed by atoms with Crippen molar-refractivity contribution in [3.05, 3.63) is 111 Å². The Labute approximate surface area is 240 Å². The summed E-state index contributed by atoms with van der Waals surface area (Å²) in [6.07, 6.45) is 4.19. The molecule has 0 saturated heterocycles. The molecule has 1 saturated carbocycles. The first-order chi connectivity index (χ1) is 20.2. The molecule has 3 aromatic rings. The molecule has 1 fully saturated rings. The van der Waals surface area contributed by atoms with Crippen molar-refractivity contribution in [1.82, 2.24) is 5.01 Å². The van der Waals surface area contributed by atoms with E-state index in [1.54, 1.807) is 31.2 Å². The minimum absolute atomic E-state index is 0.0721. The van der Waals surface area contributed by atoms with Crippen LogP contribution in [0.5, 0.6) is 0 Å². The first-order valence-electron chi connectivity index (χ1n) is 13.6. The second-order valence-electron chi connectivity index (χ2n) is 10.0. The Morgan fingerprint density at radius 3 is 2.45 bits per heavy atom. The number of carbonyl (C=O) groups is 2. The molecule has 0 spiro atoms. The van der Waals surface area contributed by atoms with Gasteiger partial charge in [-0.1, -0.05) is 24.3 Å². The number of nitro groups is 1. The van der Waals surface area contributed by atoms with E-state index in [0.29, 0.717) is 24.2 Å². The fourth-order valence-electron chi connectivity index (χ4n) is 5.39. The lowest BCUT2D eigenvalue weighted by atomic mass is 9.77. The predicted octanol–water partition coefficient (Wildman–Crippen LogP) is 6.28. The monoisotopic (exact) mass is 574 g/mol. The highest BCUT2D eigenvalue weighted by atomic mass is 19.1. The van der Waals surface area contributed by atoms with Crippen LogP contribution in [0.2, 0.25) is 0 Å². The van der Waals surface area contributed by atoms with E-state index >= 15 is 0 Å². The fourth-order valence-corrected chi connectivity index (χ4v) is 5.39. The summed E-state index contributed by atoms with van der Waals surface area (Å²) >= 11 is 0. The van der Waals surface area contributed by atoms with Gasteiger partial charge in [-0.3, -0.25) is 14.9 Å². The SMILES string of the molecule is CCNc1ccc(C(=O)OCC(=O)N2N=C3C(=Cc4ccc(F)cc4)CCCC3C2c2ccc(F)cc2)cc1[N+](=O)[O-]. The molecule has 0 bridgehead atoms. The van der Waals surface area contributed by atoms with Crippen molar-refractivity contribution in [3.63, 3.8) is 0 Å². The van der Waals surface area contributed by atoms with E-state index in [1.807, 2.05) is 6.08 Å². The third-order valence-corrected chi connectivity index (χ3v) is 7.30. The summed E-state index contributed by atoms with van der Waals surface area (Å²) in [6, 6.07) is 15.3. The van der Waals surface area contributed by atoms with Crippen LogP contribution in [0.1, 0.15) is 53.7 Å². The van der Waals surface area contributed by atoms with Gasteiger partial charge in [0.05, 0.1) is 22.2 Å². The summed E-state index contributed by atoms with van der Waals surface area (Å²) < 4.78 is 32.5.